The third-order valence-electron chi connectivity index (χ3n) is 4.11. The number of imidazole rings is 1. The molecule has 20 heteroatoms. The lowest BCUT2D eigenvalue weighted by Gasteiger charge is -2.31. The van der Waals surface area contributed by atoms with Crippen molar-refractivity contribution in [2.75, 3.05) is 12.3 Å². The molecular formula is C13H14N5O13P2-3. The zero-order chi connectivity index (χ0) is 24.7. The fraction of sp³-hybridized carbons (Fsp3) is 0.385. The number of aliphatic hydroxyl groups excluding tert-OH is 2. The number of aromatic nitrogens is 4. The van der Waals surface area contributed by atoms with E-state index in [1.807, 2.05) is 0 Å². The molecule has 5 N–H and O–H groups in total. The molecule has 0 amide bonds. The lowest BCUT2D eigenvalue weighted by Crippen LogP contribution is -2.34. The molecule has 3 rings (SSSR count). The molecule has 1 aliphatic heterocycles. The number of phosphoric ester groups is 2. The van der Waals surface area contributed by atoms with Crippen LogP contribution in [0, 0.1) is 0 Å². The van der Waals surface area contributed by atoms with Gasteiger partial charge in [0.2, 0.25) is 5.95 Å². The van der Waals surface area contributed by atoms with E-state index in [9.17, 15) is 43.8 Å². The third-order valence-corrected chi connectivity index (χ3v) is 6.62. The molecule has 18 nitrogen and oxygen atoms in total. The normalized spacial score (nSPS) is 26.5. The zero-order valence-electron chi connectivity index (χ0n) is 16.0. The number of rotatable bonds is 9. The minimum Gasteiger partial charge on any atom is -0.756 e. The summed E-state index contributed by atoms with van der Waals surface area (Å²) in [5.74, 6) is -3.88. The van der Waals surface area contributed by atoms with Crippen molar-refractivity contribution in [2.24, 2.45) is 0 Å². The average molecular weight is 510 g/mol. The Morgan fingerprint density at radius 1 is 1.33 bits per heavy atom. The van der Waals surface area contributed by atoms with Gasteiger partial charge in [-0.15, -0.1) is 0 Å². The molecule has 1 fully saturated rings. The number of nitrogens with one attached hydrogen (secondary N) is 1. The number of nitrogens with two attached hydrogens (primary N) is 1. The number of hydrogen-bond acceptors (Lipinski definition) is 16. The van der Waals surface area contributed by atoms with Crippen LogP contribution < -0.4 is 26.2 Å². The van der Waals surface area contributed by atoms with Crippen molar-refractivity contribution in [1.29, 1.82) is 0 Å². The summed E-state index contributed by atoms with van der Waals surface area (Å²) >= 11 is 0. The van der Waals surface area contributed by atoms with E-state index in [2.05, 4.69) is 34.9 Å². The van der Waals surface area contributed by atoms with Crippen molar-refractivity contribution < 1.29 is 57.1 Å². The number of anilines is 1. The number of carboxylic acid groups (broad SMARTS) is 1. The number of H-pyrrole nitrogens is 1. The number of hydrogen-bond donors (Lipinski definition) is 4. The predicted molar refractivity (Wildman–Crippen MR) is 96.0 cm³/mol. The van der Waals surface area contributed by atoms with Crippen LogP contribution in [0.5, 0.6) is 0 Å². The highest BCUT2D eigenvalue weighted by atomic mass is 31.3. The zero-order valence-corrected chi connectivity index (χ0v) is 17.8. The number of phosphoric acid groups is 2. The molecule has 1 saturated heterocycles. The Morgan fingerprint density at radius 3 is 2.64 bits per heavy atom. The topological polar surface area (TPSA) is 287 Å². The van der Waals surface area contributed by atoms with Crippen LogP contribution in [0.2, 0.25) is 0 Å². The number of nitrogens with zero attached hydrogens (tertiary/aromatic N) is 3. The highest BCUT2D eigenvalue weighted by Gasteiger charge is 2.45. The van der Waals surface area contributed by atoms with Crippen LogP contribution in [0.15, 0.2) is 23.5 Å². The Labute approximate surface area is 182 Å². The van der Waals surface area contributed by atoms with Crippen LogP contribution in [0.1, 0.15) is 6.23 Å². The summed E-state index contributed by atoms with van der Waals surface area (Å²) in [5.41, 5.74) is 4.49. The molecular weight excluding hydrogens is 496 g/mol. The average Bonchev–Trinajstić information content (AvgIpc) is 3.20. The van der Waals surface area contributed by atoms with Crippen molar-refractivity contribution in [3.05, 3.63) is 29.0 Å². The summed E-state index contributed by atoms with van der Waals surface area (Å²) < 4.78 is 41.4. The molecule has 0 saturated carbocycles. The van der Waals surface area contributed by atoms with Gasteiger partial charge in [0.1, 0.15) is 30.0 Å². The van der Waals surface area contributed by atoms with Gasteiger partial charge in [0.05, 0.1) is 12.9 Å². The van der Waals surface area contributed by atoms with Gasteiger partial charge in [-0.2, -0.15) is 4.98 Å². The van der Waals surface area contributed by atoms with Crippen molar-refractivity contribution in [2.45, 2.75) is 24.5 Å². The summed E-state index contributed by atoms with van der Waals surface area (Å²) in [6.45, 7) is 1.61. The highest BCUT2D eigenvalue weighted by molar-refractivity contribution is 7.59. The van der Waals surface area contributed by atoms with Gasteiger partial charge in [-0.3, -0.25) is 23.5 Å². The maximum atomic E-state index is 11.9. The van der Waals surface area contributed by atoms with Crippen molar-refractivity contribution in [3.63, 3.8) is 0 Å². The predicted octanol–water partition coefficient (Wildman–Crippen LogP) is -4.43. The monoisotopic (exact) mass is 510 g/mol. The van der Waals surface area contributed by atoms with E-state index in [4.69, 9.17) is 10.5 Å². The number of fused-ring (bicyclic) bond motifs is 1. The van der Waals surface area contributed by atoms with E-state index in [0.29, 0.717) is 0 Å². The number of aliphatic hydroxyl groups is 2. The second-order valence-corrected chi connectivity index (χ2v) is 9.28. The van der Waals surface area contributed by atoms with Crippen LogP contribution >= 0.6 is 15.6 Å². The minimum atomic E-state index is -5.79. The van der Waals surface area contributed by atoms with Crippen molar-refractivity contribution in [3.8, 4) is 0 Å². The summed E-state index contributed by atoms with van der Waals surface area (Å²) in [5, 5.41) is 30.9. The second kappa shape index (κ2) is 8.94. The van der Waals surface area contributed by atoms with Gasteiger partial charge in [0.15, 0.2) is 17.4 Å². The molecule has 182 valence electrons. The SMILES string of the molecule is C=C(OP(=O)([O-])OP(=O)([O-])OC[C@H]1O[C@@H](n2cnc3c(=O)[nH]c(N)nc32)[C@H](O)[C@@H]1O)C(=O)[O-]. The fourth-order valence-corrected chi connectivity index (χ4v) is 4.70. The van der Waals surface area contributed by atoms with Gasteiger partial charge in [0.25, 0.3) is 13.4 Å². The second-order valence-electron chi connectivity index (χ2n) is 6.40. The molecule has 0 bridgehead atoms. The maximum absolute atomic E-state index is 11.9. The number of aliphatic carboxylic acids is 1. The molecule has 0 aliphatic carbocycles. The van der Waals surface area contributed by atoms with Gasteiger partial charge in [0, 0.05) is 0 Å². The molecule has 0 spiro atoms. The van der Waals surface area contributed by atoms with E-state index in [1.165, 1.54) is 0 Å². The quantitative estimate of drug-likeness (QED) is 0.141. The third kappa shape index (κ3) is 5.47. The van der Waals surface area contributed by atoms with Gasteiger partial charge in [-0.05, 0) is 0 Å². The van der Waals surface area contributed by atoms with Gasteiger partial charge < -0.3 is 49.4 Å². The van der Waals surface area contributed by atoms with E-state index in [0.717, 1.165) is 10.9 Å². The summed E-state index contributed by atoms with van der Waals surface area (Å²) in [6, 6.07) is 0. The molecule has 2 aromatic heterocycles. The molecule has 6 atom stereocenters. The first-order chi connectivity index (χ1) is 15.2. The molecule has 2 aromatic rings. The summed E-state index contributed by atoms with van der Waals surface area (Å²) in [4.78, 5) is 55.4. The fourth-order valence-electron chi connectivity index (χ4n) is 2.73. The first-order valence-corrected chi connectivity index (χ1v) is 11.4. The van der Waals surface area contributed by atoms with Crippen molar-refractivity contribution >= 4 is 38.7 Å². The molecule has 0 radical (unpaired) electrons. The number of nitrogen functional groups attached to an aromatic ring is 1. The molecule has 1 aliphatic rings. The van der Waals surface area contributed by atoms with Crippen LogP contribution in [0.3, 0.4) is 0 Å². The molecule has 3 heterocycles. The van der Waals surface area contributed by atoms with Crippen LogP contribution in [0.25, 0.3) is 11.2 Å². The first kappa shape index (κ1) is 25.0. The number of ether oxygens (including phenoxy) is 1. The lowest BCUT2D eigenvalue weighted by molar-refractivity contribution is -0.304. The summed E-state index contributed by atoms with van der Waals surface area (Å²) in [6.07, 6.45) is -5.41. The molecule has 0 aromatic carbocycles. The molecule has 33 heavy (non-hydrogen) atoms. The maximum Gasteiger partial charge on any atom is 0.326 e. The Balaban J connectivity index is 1.70. The number of carboxylic acids is 1. The van der Waals surface area contributed by atoms with Crippen LogP contribution in [-0.2, 0) is 32.0 Å². The van der Waals surface area contributed by atoms with Crippen LogP contribution in [0.4, 0.5) is 5.95 Å². The van der Waals surface area contributed by atoms with E-state index >= 15 is 0 Å². The number of carbonyl (C=O) groups excluding carboxylic acids is 1. The van der Waals surface area contributed by atoms with Gasteiger partial charge in [-0.25, -0.2) is 9.29 Å². The van der Waals surface area contributed by atoms with E-state index in [1.54, 1.807) is 0 Å². The first-order valence-electron chi connectivity index (χ1n) is 8.52. The lowest BCUT2D eigenvalue weighted by atomic mass is 10.1. The van der Waals surface area contributed by atoms with Crippen LogP contribution in [-0.4, -0.2) is 60.6 Å². The van der Waals surface area contributed by atoms with Gasteiger partial charge >= 0.3 is 7.82 Å². The standard InChI is InChI=1S/C13H17N5O13P2/c1-4(12(22)23)30-33(26,27)31-32(24,25)28-2-5-7(19)8(20)11(29-5)18-3-15-6-9(18)16-13(14)17-10(6)21/h3,5,7-8,11,19-20H,1-2H2,(H,22,23)(H,24,25)(H,26,27)(H3,14,16,17,21)/p-3/t5-,7-,8-,11-/m1/s1. The number of aromatic amines is 1. The number of carbonyl (C=O) groups is 1. The highest BCUT2D eigenvalue weighted by Crippen LogP contribution is 2.56. The van der Waals surface area contributed by atoms with E-state index in [-0.39, 0.29) is 17.1 Å². The van der Waals surface area contributed by atoms with Crippen molar-refractivity contribution in [1.82, 2.24) is 19.5 Å². The smallest absolute Gasteiger partial charge is 0.326 e. The van der Waals surface area contributed by atoms with E-state index < -0.39 is 64.1 Å². The Bertz CT molecular complexity index is 1240. The Hall–Kier alpha value is -2.66. The van der Waals surface area contributed by atoms with Gasteiger partial charge in [-0.1, -0.05) is 6.58 Å². The Morgan fingerprint density at radius 2 is 2.00 bits per heavy atom. The minimum absolute atomic E-state index is 0.121. The largest absolute Gasteiger partial charge is 0.756 e. The Kier molecular flexibility index (Phi) is 6.77. The molecule has 2 unspecified atom stereocenters. The summed E-state index contributed by atoms with van der Waals surface area (Å²) in [7, 11) is -11.5.